The molecule has 108 valence electrons. The number of nitrogens with two attached hydrogens (primary N) is 1. The number of nitrogens with one attached hydrogen (secondary N) is 1. The van der Waals surface area contributed by atoms with Gasteiger partial charge in [0.25, 0.3) is 0 Å². The van der Waals surface area contributed by atoms with E-state index in [0.29, 0.717) is 19.6 Å². The number of benzene rings is 1. The van der Waals surface area contributed by atoms with Crippen LogP contribution in [0.2, 0.25) is 0 Å². The summed E-state index contributed by atoms with van der Waals surface area (Å²) in [7, 11) is 0. The van der Waals surface area contributed by atoms with Gasteiger partial charge in [-0.05, 0) is 31.9 Å². The van der Waals surface area contributed by atoms with E-state index in [1.54, 1.807) is 0 Å². The molecule has 19 heavy (non-hydrogen) atoms. The summed E-state index contributed by atoms with van der Waals surface area (Å²) in [6.07, 6.45) is 0.351. The van der Waals surface area contributed by atoms with Gasteiger partial charge in [0.2, 0.25) is 5.91 Å². The van der Waals surface area contributed by atoms with Crippen molar-refractivity contribution in [2.45, 2.75) is 33.2 Å². The standard InChI is InChI=1S/C14H22N2O2.ClH/c1-10-5-4-6-11(2)14(10)18-8-7-16-13(17)9-12(3)15;/h4-6,12H,7-9,15H2,1-3H3,(H,16,17);1H. The molecule has 1 aromatic carbocycles. The van der Waals surface area contributed by atoms with Crippen LogP contribution in [0, 0.1) is 13.8 Å². The number of hydrogen-bond acceptors (Lipinski definition) is 3. The first-order chi connectivity index (χ1) is 8.50. The predicted molar refractivity (Wildman–Crippen MR) is 79.9 cm³/mol. The van der Waals surface area contributed by atoms with E-state index in [4.69, 9.17) is 10.5 Å². The summed E-state index contributed by atoms with van der Waals surface area (Å²) in [5.41, 5.74) is 7.75. The summed E-state index contributed by atoms with van der Waals surface area (Å²) < 4.78 is 5.68. The zero-order chi connectivity index (χ0) is 13.5. The number of ether oxygens (including phenoxy) is 1. The minimum Gasteiger partial charge on any atom is -0.491 e. The molecule has 0 saturated carbocycles. The summed E-state index contributed by atoms with van der Waals surface area (Å²) in [4.78, 5) is 11.4. The molecule has 0 aromatic heterocycles. The molecule has 0 fully saturated rings. The fraction of sp³-hybridized carbons (Fsp3) is 0.500. The molecule has 1 rings (SSSR count). The Morgan fingerprint density at radius 1 is 1.37 bits per heavy atom. The maximum absolute atomic E-state index is 11.4. The molecule has 1 aromatic rings. The number of halogens is 1. The molecular formula is C14H23ClN2O2. The minimum atomic E-state index is -0.107. The molecule has 5 heteroatoms. The molecule has 1 amide bonds. The van der Waals surface area contributed by atoms with Gasteiger partial charge in [-0.15, -0.1) is 12.4 Å². The number of carbonyl (C=O) groups is 1. The number of rotatable bonds is 6. The van der Waals surface area contributed by atoms with Crippen LogP contribution in [0.3, 0.4) is 0 Å². The minimum absolute atomic E-state index is 0. The molecule has 0 saturated heterocycles. The lowest BCUT2D eigenvalue weighted by Crippen LogP contribution is -2.32. The molecule has 0 spiro atoms. The molecule has 0 aliphatic carbocycles. The lowest BCUT2D eigenvalue weighted by Gasteiger charge is -2.12. The third kappa shape index (κ3) is 6.45. The Bertz CT molecular complexity index is 388. The number of para-hydroxylation sites is 1. The van der Waals surface area contributed by atoms with E-state index in [1.165, 1.54) is 0 Å². The van der Waals surface area contributed by atoms with Crippen molar-refractivity contribution in [3.8, 4) is 5.75 Å². The van der Waals surface area contributed by atoms with Crippen molar-refractivity contribution in [3.05, 3.63) is 29.3 Å². The van der Waals surface area contributed by atoms with Crippen LogP contribution in [0.15, 0.2) is 18.2 Å². The summed E-state index contributed by atoms with van der Waals surface area (Å²) in [5.74, 6) is 0.869. The van der Waals surface area contributed by atoms with Gasteiger partial charge in [-0.25, -0.2) is 0 Å². The second-order valence-electron chi connectivity index (χ2n) is 4.60. The van der Waals surface area contributed by atoms with Crippen molar-refractivity contribution in [1.29, 1.82) is 0 Å². The quantitative estimate of drug-likeness (QED) is 0.786. The largest absolute Gasteiger partial charge is 0.491 e. The number of hydrogen-bond donors (Lipinski definition) is 2. The Morgan fingerprint density at radius 3 is 2.47 bits per heavy atom. The van der Waals surface area contributed by atoms with E-state index in [1.807, 2.05) is 39.0 Å². The monoisotopic (exact) mass is 286 g/mol. The van der Waals surface area contributed by atoms with Crippen LogP contribution in [0.4, 0.5) is 0 Å². The maximum atomic E-state index is 11.4. The van der Waals surface area contributed by atoms with Crippen LogP contribution in [0.5, 0.6) is 5.75 Å². The highest BCUT2D eigenvalue weighted by Crippen LogP contribution is 2.21. The van der Waals surface area contributed by atoms with Crippen LogP contribution < -0.4 is 15.8 Å². The average molecular weight is 287 g/mol. The fourth-order valence-electron chi connectivity index (χ4n) is 1.73. The molecule has 1 unspecified atom stereocenters. The van der Waals surface area contributed by atoms with Gasteiger partial charge >= 0.3 is 0 Å². The molecule has 0 aliphatic rings. The number of aryl methyl sites for hydroxylation is 2. The van der Waals surface area contributed by atoms with Crippen LogP contribution in [0.1, 0.15) is 24.5 Å². The zero-order valence-electron chi connectivity index (χ0n) is 11.7. The average Bonchev–Trinajstić information content (AvgIpc) is 2.26. The smallest absolute Gasteiger partial charge is 0.221 e. The second-order valence-corrected chi connectivity index (χ2v) is 4.60. The Labute approximate surface area is 121 Å². The van der Waals surface area contributed by atoms with Crippen molar-refractivity contribution in [2.75, 3.05) is 13.2 Å². The van der Waals surface area contributed by atoms with Gasteiger partial charge in [0.1, 0.15) is 12.4 Å². The van der Waals surface area contributed by atoms with E-state index in [0.717, 1.165) is 16.9 Å². The van der Waals surface area contributed by atoms with Gasteiger partial charge in [0, 0.05) is 12.5 Å². The van der Waals surface area contributed by atoms with Crippen LogP contribution in [0.25, 0.3) is 0 Å². The molecule has 4 nitrogen and oxygen atoms in total. The lowest BCUT2D eigenvalue weighted by molar-refractivity contribution is -0.121. The maximum Gasteiger partial charge on any atom is 0.221 e. The highest BCUT2D eigenvalue weighted by atomic mass is 35.5. The Balaban J connectivity index is 0.00000324. The van der Waals surface area contributed by atoms with Gasteiger partial charge in [-0.3, -0.25) is 4.79 Å². The van der Waals surface area contributed by atoms with Gasteiger partial charge in [0.15, 0.2) is 0 Å². The first-order valence-corrected chi connectivity index (χ1v) is 6.22. The van der Waals surface area contributed by atoms with E-state index in [9.17, 15) is 4.79 Å². The Hall–Kier alpha value is -1.26. The molecule has 0 bridgehead atoms. The van der Waals surface area contributed by atoms with Crippen molar-refractivity contribution in [2.24, 2.45) is 5.73 Å². The van der Waals surface area contributed by atoms with Crippen molar-refractivity contribution < 1.29 is 9.53 Å². The first-order valence-electron chi connectivity index (χ1n) is 6.22. The predicted octanol–water partition coefficient (Wildman–Crippen LogP) is 1.96. The summed E-state index contributed by atoms with van der Waals surface area (Å²) in [5, 5.41) is 2.78. The lowest BCUT2D eigenvalue weighted by atomic mass is 10.1. The summed E-state index contributed by atoms with van der Waals surface area (Å²) >= 11 is 0. The molecular weight excluding hydrogens is 264 g/mol. The first kappa shape index (κ1) is 17.7. The second kappa shape index (κ2) is 8.77. The van der Waals surface area contributed by atoms with Gasteiger partial charge < -0.3 is 15.8 Å². The van der Waals surface area contributed by atoms with E-state index in [2.05, 4.69) is 5.32 Å². The van der Waals surface area contributed by atoms with Crippen LogP contribution in [-0.4, -0.2) is 25.1 Å². The number of carbonyl (C=O) groups excluding carboxylic acids is 1. The van der Waals surface area contributed by atoms with Crippen LogP contribution in [-0.2, 0) is 4.79 Å². The molecule has 0 radical (unpaired) electrons. The highest BCUT2D eigenvalue weighted by Gasteiger charge is 2.05. The van der Waals surface area contributed by atoms with Crippen LogP contribution >= 0.6 is 12.4 Å². The highest BCUT2D eigenvalue weighted by molar-refractivity contribution is 5.85. The van der Waals surface area contributed by atoms with E-state index in [-0.39, 0.29) is 24.4 Å². The van der Waals surface area contributed by atoms with Gasteiger partial charge in [-0.2, -0.15) is 0 Å². The molecule has 3 N–H and O–H groups in total. The van der Waals surface area contributed by atoms with Crippen molar-refractivity contribution >= 4 is 18.3 Å². The van der Waals surface area contributed by atoms with Crippen molar-refractivity contribution in [3.63, 3.8) is 0 Å². The molecule has 0 heterocycles. The molecule has 0 aliphatic heterocycles. The summed E-state index contributed by atoms with van der Waals surface area (Å²) in [6.45, 7) is 6.80. The Kier molecular flexibility index (Phi) is 8.19. The normalized spacial score (nSPS) is 11.4. The van der Waals surface area contributed by atoms with E-state index >= 15 is 0 Å². The third-order valence-corrected chi connectivity index (χ3v) is 2.59. The van der Waals surface area contributed by atoms with Gasteiger partial charge in [0.05, 0.1) is 6.54 Å². The number of amides is 1. The zero-order valence-corrected chi connectivity index (χ0v) is 12.5. The Morgan fingerprint density at radius 2 is 1.95 bits per heavy atom. The van der Waals surface area contributed by atoms with Gasteiger partial charge in [-0.1, -0.05) is 18.2 Å². The molecule has 1 atom stereocenters. The van der Waals surface area contributed by atoms with E-state index < -0.39 is 0 Å². The third-order valence-electron chi connectivity index (χ3n) is 2.59. The fourth-order valence-corrected chi connectivity index (χ4v) is 1.73. The summed E-state index contributed by atoms with van der Waals surface area (Å²) in [6, 6.07) is 5.92. The van der Waals surface area contributed by atoms with Crippen molar-refractivity contribution in [1.82, 2.24) is 5.32 Å². The topological polar surface area (TPSA) is 64.3 Å². The SMILES string of the molecule is Cc1cccc(C)c1OCCNC(=O)CC(C)N.Cl.